The molecular formula is C14H14N4O. The summed E-state index contributed by atoms with van der Waals surface area (Å²) in [6.07, 6.45) is 1.71. The summed E-state index contributed by atoms with van der Waals surface area (Å²) in [5.41, 5.74) is 2.72. The monoisotopic (exact) mass is 254 g/mol. The first-order valence-electron chi connectivity index (χ1n) is 6.02. The minimum absolute atomic E-state index is 0.741. The van der Waals surface area contributed by atoms with Crippen LogP contribution in [0.1, 0.15) is 11.5 Å². The quantitative estimate of drug-likeness (QED) is 0.705. The Morgan fingerprint density at radius 1 is 1.21 bits per heavy atom. The van der Waals surface area contributed by atoms with Crippen molar-refractivity contribution in [2.24, 2.45) is 0 Å². The van der Waals surface area contributed by atoms with Crippen molar-refractivity contribution in [3.63, 3.8) is 0 Å². The largest absolute Gasteiger partial charge is 0.494 e. The molecule has 2 heterocycles. The van der Waals surface area contributed by atoms with E-state index in [1.54, 1.807) is 18.1 Å². The van der Waals surface area contributed by atoms with Crippen LogP contribution >= 0.6 is 0 Å². The molecule has 0 aliphatic carbocycles. The van der Waals surface area contributed by atoms with Crippen molar-refractivity contribution >= 4 is 10.9 Å². The molecule has 3 rings (SSSR count). The molecule has 0 N–H and O–H groups in total. The van der Waals surface area contributed by atoms with E-state index in [0.29, 0.717) is 0 Å². The van der Waals surface area contributed by atoms with Crippen LogP contribution in [-0.4, -0.2) is 26.9 Å². The van der Waals surface area contributed by atoms with Gasteiger partial charge in [-0.05, 0) is 26.0 Å². The van der Waals surface area contributed by atoms with E-state index >= 15 is 0 Å². The summed E-state index contributed by atoms with van der Waals surface area (Å²) in [6, 6.07) is 7.86. The number of ether oxygens (including phenoxy) is 1. The molecular weight excluding hydrogens is 240 g/mol. The number of methoxy groups -OCH3 is 1. The molecule has 0 radical (unpaired) electrons. The van der Waals surface area contributed by atoms with Crippen LogP contribution in [0.25, 0.3) is 16.6 Å². The molecule has 0 bridgehead atoms. The third-order valence-corrected chi connectivity index (χ3v) is 2.98. The Morgan fingerprint density at radius 2 is 2.05 bits per heavy atom. The summed E-state index contributed by atoms with van der Waals surface area (Å²) in [4.78, 5) is 8.73. The summed E-state index contributed by atoms with van der Waals surface area (Å²) in [5, 5.41) is 5.36. The zero-order chi connectivity index (χ0) is 13.4. The van der Waals surface area contributed by atoms with Crippen molar-refractivity contribution in [2.45, 2.75) is 13.8 Å². The van der Waals surface area contributed by atoms with E-state index < -0.39 is 0 Å². The Bertz CT molecular complexity index is 748. The molecule has 0 aliphatic heterocycles. The molecule has 1 aromatic carbocycles. The normalized spacial score (nSPS) is 10.9. The van der Waals surface area contributed by atoms with E-state index in [1.807, 2.05) is 38.1 Å². The van der Waals surface area contributed by atoms with E-state index in [4.69, 9.17) is 4.74 Å². The van der Waals surface area contributed by atoms with E-state index in [9.17, 15) is 0 Å². The van der Waals surface area contributed by atoms with E-state index in [1.165, 1.54) is 0 Å². The Labute approximate surface area is 110 Å². The molecule has 0 spiro atoms. The van der Waals surface area contributed by atoms with Crippen LogP contribution in [0.4, 0.5) is 0 Å². The van der Waals surface area contributed by atoms with E-state index in [0.717, 1.165) is 33.9 Å². The summed E-state index contributed by atoms with van der Waals surface area (Å²) in [6.45, 7) is 3.83. The number of benzene rings is 1. The maximum absolute atomic E-state index is 5.37. The van der Waals surface area contributed by atoms with Gasteiger partial charge in [-0.15, -0.1) is 0 Å². The summed E-state index contributed by atoms with van der Waals surface area (Å²) in [7, 11) is 1.65. The van der Waals surface area contributed by atoms with Gasteiger partial charge in [0.15, 0.2) is 0 Å². The van der Waals surface area contributed by atoms with Gasteiger partial charge in [-0.25, -0.2) is 14.6 Å². The smallest absolute Gasteiger partial charge is 0.147 e. The lowest BCUT2D eigenvalue weighted by molar-refractivity contribution is 0.419. The molecule has 5 heteroatoms. The Morgan fingerprint density at radius 3 is 2.74 bits per heavy atom. The number of nitrogens with zero attached hydrogens (tertiary/aromatic N) is 4. The fourth-order valence-corrected chi connectivity index (χ4v) is 2.14. The lowest BCUT2D eigenvalue weighted by Crippen LogP contribution is -2.00. The van der Waals surface area contributed by atoms with Gasteiger partial charge in [-0.3, -0.25) is 0 Å². The van der Waals surface area contributed by atoms with Gasteiger partial charge >= 0.3 is 0 Å². The zero-order valence-electron chi connectivity index (χ0n) is 11.1. The lowest BCUT2D eigenvalue weighted by Gasteiger charge is -2.10. The maximum atomic E-state index is 5.37. The fraction of sp³-hybridized carbons (Fsp3) is 0.214. The second kappa shape index (κ2) is 4.35. The molecule has 0 aliphatic rings. The van der Waals surface area contributed by atoms with Gasteiger partial charge < -0.3 is 4.74 Å². The summed E-state index contributed by atoms with van der Waals surface area (Å²) in [5.74, 6) is 1.50. The molecule has 0 unspecified atom stereocenters. The van der Waals surface area contributed by atoms with Crippen molar-refractivity contribution in [3.8, 4) is 11.4 Å². The number of aromatic nitrogens is 4. The van der Waals surface area contributed by atoms with Gasteiger partial charge in [0, 0.05) is 11.1 Å². The van der Waals surface area contributed by atoms with Gasteiger partial charge in [0.2, 0.25) is 0 Å². The van der Waals surface area contributed by atoms with Crippen LogP contribution in [0.15, 0.2) is 30.6 Å². The predicted molar refractivity (Wildman–Crippen MR) is 72.7 cm³/mol. The molecule has 3 aromatic rings. The van der Waals surface area contributed by atoms with Crippen molar-refractivity contribution in [1.29, 1.82) is 0 Å². The number of fused-ring (bicyclic) bond motifs is 1. The van der Waals surface area contributed by atoms with E-state index in [2.05, 4.69) is 15.1 Å². The average Bonchev–Trinajstić information content (AvgIpc) is 2.83. The maximum Gasteiger partial charge on any atom is 0.147 e. The topological polar surface area (TPSA) is 52.8 Å². The van der Waals surface area contributed by atoms with Gasteiger partial charge in [0.05, 0.1) is 12.8 Å². The number of para-hydroxylation sites is 1. The SMILES string of the molecule is COc1cccc2c(-n3cnc(C)n3)cc(C)nc12. The molecule has 0 saturated heterocycles. The number of aryl methyl sites for hydroxylation is 2. The van der Waals surface area contributed by atoms with Crippen LogP contribution in [-0.2, 0) is 0 Å². The predicted octanol–water partition coefficient (Wildman–Crippen LogP) is 2.44. The highest BCUT2D eigenvalue weighted by Crippen LogP contribution is 2.28. The standard InChI is InChI=1S/C14H14N4O/c1-9-7-12(18-8-15-10(2)17-18)11-5-4-6-13(19-3)14(11)16-9/h4-8H,1-3H3. The molecule has 19 heavy (non-hydrogen) atoms. The van der Waals surface area contributed by atoms with Crippen LogP contribution in [0, 0.1) is 13.8 Å². The molecule has 2 aromatic heterocycles. The third-order valence-electron chi connectivity index (χ3n) is 2.98. The first-order chi connectivity index (χ1) is 9.19. The van der Waals surface area contributed by atoms with Gasteiger partial charge in [-0.1, -0.05) is 12.1 Å². The highest BCUT2D eigenvalue weighted by Gasteiger charge is 2.10. The highest BCUT2D eigenvalue weighted by molar-refractivity contribution is 5.91. The van der Waals surface area contributed by atoms with E-state index in [-0.39, 0.29) is 0 Å². The van der Waals surface area contributed by atoms with Gasteiger partial charge in [0.25, 0.3) is 0 Å². The molecule has 5 nitrogen and oxygen atoms in total. The Hall–Kier alpha value is -2.43. The fourth-order valence-electron chi connectivity index (χ4n) is 2.14. The first kappa shape index (κ1) is 11.6. The first-order valence-corrected chi connectivity index (χ1v) is 6.02. The van der Waals surface area contributed by atoms with Gasteiger partial charge in [0.1, 0.15) is 23.4 Å². The van der Waals surface area contributed by atoms with Crippen LogP contribution < -0.4 is 4.74 Å². The zero-order valence-corrected chi connectivity index (χ0v) is 11.1. The van der Waals surface area contributed by atoms with Crippen molar-refractivity contribution in [1.82, 2.24) is 19.7 Å². The highest BCUT2D eigenvalue weighted by atomic mass is 16.5. The van der Waals surface area contributed by atoms with Crippen molar-refractivity contribution < 1.29 is 4.74 Å². The summed E-state index contributed by atoms with van der Waals surface area (Å²) >= 11 is 0. The van der Waals surface area contributed by atoms with Crippen molar-refractivity contribution in [3.05, 3.63) is 42.1 Å². The number of rotatable bonds is 2. The Kier molecular flexibility index (Phi) is 2.67. The minimum Gasteiger partial charge on any atom is -0.494 e. The minimum atomic E-state index is 0.741. The lowest BCUT2D eigenvalue weighted by atomic mass is 10.1. The third kappa shape index (κ3) is 1.93. The molecule has 0 amide bonds. The Balaban J connectivity index is 2.36. The van der Waals surface area contributed by atoms with Crippen LogP contribution in [0.5, 0.6) is 5.75 Å². The number of hydrogen-bond donors (Lipinski definition) is 0. The second-order valence-corrected chi connectivity index (χ2v) is 4.38. The molecule has 0 fully saturated rings. The molecule has 0 saturated carbocycles. The molecule has 0 atom stereocenters. The number of hydrogen-bond acceptors (Lipinski definition) is 4. The summed E-state index contributed by atoms with van der Waals surface area (Å²) < 4.78 is 7.14. The second-order valence-electron chi connectivity index (χ2n) is 4.38. The van der Waals surface area contributed by atoms with Crippen LogP contribution in [0.3, 0.4) is 0 Å². The van der Waals surface area contributed by atoms with Crippen molar-refractivity contribution in [2.75, 3.05) is 7.11 Å². The van der Waals surface area contributed by atoms with Crippen LogP contribution in [0.2, 0.25) is 0 Å². The van der Waals surface area contributed by atoms with Gasteiger partial charge in [-0.2, -0.15) is 5.10 Å². The average molecular weight is 254 g/mol. The molecule has 96 valence electrons. The number of pyridine rings is 1.